The zero-order valence-electron chi connectivity index (χ0n) is 19.7. The van der Waals surface area contributed by atoms with E-state index in [4.69, 9.17) is 9.84 Å². The van der Waals surface area contributed by atoms with E-state index in [9.17, 15) is 35.9 Å². The lowest BCUT2D eigenvalue weighted by Gasteiger charge is -2.31. The van der Waals surface area contributed by atoms with Crippen LogP contribution in [0, 0.1) is 5.92 Å². The predicted molar refractivity (Wildman–Crippen MR) is 124 cm³/mol. The molecule has 0 spiro atoms. The second-order valence-electron chi connectivity index (χ2n) is 9.03. The molecule has 0 aliphatic heterocycles. The maximum atomic E-state index is 14.0. The summed E-state index contributed by atoms with van der Waals surface area (Å²) < 4.78 is 86.4. The molecule has 2 N–H and O–H groups in total. The first-order chi connectivity index (χ1) is 17.8. The van der Waals surface area contributed by atoms with Gasteiger partial charge < -0.3 is 15.2 Å². The van der Waals surface area contributed by atoms with Crippen LogP contribution in [0.25, 0.3) is 10.8 Å². The van der Waals surface area contributed by atoms with Crippen molar-refractivity contribution in [1.29, 1.82) is 0 Å². The number of alkyl halides is 6. The van der Waals surface area contributed by atoms with E-state index >= 15 is 0 Å². The summed E-state index contributed by atoms with van der Waals surface area (Å²) in [6.45, 7) is -0.0338. The molecular formula is C26H22F6N2O4. The van der Waals surface area contributed by atoms with Gasteiger partial charge >= 0.3 is 18.3 Å². The molecule has 0 atom stereocenters. The Bertz CT molecular complexity index is 1330. The molecule has 1 aliphatic rings. The first kappa shape index (κ1) is 27.2. The summed E-state index contributed by atoms with van der Waals surface area (Å²) in [6, 6.07) is 8.91. The number of carboxylic acid groups (broad SMARTS) is 1. The predicted octanol–water partition coefficient (Wildman–Crippen LogP) is 6.38. The molecule has 1 saturated carbocycles. The number of rotatable bonds is 6. The van der Waals surface area contributed by atoms with Crippen LogP contribution < -0.4 is 10.1 Å². The van der Waals surface area contributed by atoms with E-state index in [-0.39, 0.29) is 54.1 Å². The number of benzene rings is 2. The summed E-state index contributed by atoms with van der Waals surface area (Å²) in [5, 5.41) is 11.4. The monoisotopic (exact) mass is 540 g/mol. The molecule has 38 heavy (non-hydrogen) atoms. The van der Waals surface area contributed by atoms with Gasteiger partial charge in [-0.05, 0) is 66.8 Å². The third kappa shape index (κ3) is 6.17. The second kappa shape index (κ2) is 10.5. The van der Waals surface area contributed by atoms with Gasteiger partial charge in [0.1, 0.15) is 11.3 Å². The largest absolute Gasteiger partial charge is 0.490 e. The van der Waals surface area contributed by atoms with Crippen LogP contribution in [0.2, 0.25) is 0 Å². The lowest BCUT2D eigenvalue weighted by Crippen LogP contribution is -2.32. The highest BCUT2D eigenvalue weighted by molar-refractivity contribution is 5.99. The van der Waals surface area contributed by atoms with Gasteiger partial charge in [0.25, 0.3) is 5.91 Å². The summed E-state index contributed by atoms with van der Waals surface area (Å²) in [5.74, 6) is -3.67. The van der Waals surface area contributed by atoms with Gasteiger partial charge in [-0.25, -0.2) is 4.79 Å². The molecule has 4 rings (SSSR count). The number of nitrogens with zero attached hydrogens (tertiary/aromatic N) is 1. The number of halogens is 6. The van der Waals surface area contributed by atoms with E-state index in [0.717, 1.165) is 18.3 Å². The Kier molecular flexibility index (Phi) is 7.52. The number of carbonyl (C=O) groups is 2. The van der Waals surface area contributed by atoms with Crippen LogP contribution in [-0.4, -0.2) is 34.2 Å². The normalized spacial score (nSPS) is 18.3. The number of pyridine rings is 1. The van der Waals surface area contributed by atoms with Gasteiger partial charge in [0, 0.05) is 11.8 Å². The van der Waals surface area contributed by atoms with Gasteiger partial charge in [0.05, 0.1) is 29.8 Å². The van der Waals surface area contributed by atoms with E-state index in [0.29, 0.717) is 5.69 Å². The molecule has 0 unspecified atom stereocenters. The first-order valence-electron chi connectivity index (χ1n) is 11.7. The lowest BCUT2D eigenvalue weighted by molar-refractivity contribution is -0.185. The van der Waals surface area contributed by atoms with E-state index < -0.39 is 47.6 Å². The standard InChI is InChI=1S/C26H22F6N2O4/c27-25(28,29)17-4-7-19(8-5-17)38-21-10-3-14-11-15(2-9-20(14)22(21)26(30,31)32)23(35)34-13-18-6-1-16(12-33-18)24(36)37/h1-3,6,9-12,17,19H,4-5,7-8,13H2,(H,34,35)(H,36,37)/t17-,19+. The Morgan fingerprint density at radius 3 is 2.21 bits per heavy atom. The maximum absolute atomic E-state index is 14.0. The fraction of sp³-hybridized carbons (Fsp3) is 0.346. The molecule has 3 aromatic rings. The van der Waals surface area contributed by atoms with Gasteiger partial charge in [-0.1, -0.05) is 12.1 Å². The molecule has 6 nitrogen and oxygen atoms in total. The minimum absolute atomic E-state index is 0.00743. The highest BCUT2D eigenvalue weighted by atomic mass is 19.4. The number of amides is 1. The number of hydrogen-bond donors (Lipinski definition) is 2. The molecule has 1 aromatic heterocycles. The van der Waals surface area contributed by atoms with E-state index in [1.807, 2.05) is 0 Å². The minimum atomic E-state index is -4.81. The average Bonchev–Trinajstić information content (AvgIpc) is 2.86. The van der Waals surface area contributed by atoms with Crippen LogP contribution in [0.4, 0.5) is 26.3 Å². The van der Waals surface area contributed by atoms with Crippen molar-refractivity contribution in [3.8, 4) is 5.75 Å². The third-order valence-corrected chi connectivity index (χ3v) is 6.46. The number of nitrogens with one attached hydrogen (secondary N) is 1. The van der Waals surface area contributed by atoms with Crippen molar-refractivity contribution in [2.24, 2.45) is 5.92 Å². The highest BCUT2D eigenvalue weighted by Gasteiger charge is 2.42. The number of carbonyl (C=O) groups excluding carboxylic acids is 1. The molecular weight excluding hydrogens is 518 g/mol. The van der Waals surface area contributed by atoms with Gasteiger partial charge in [-0.3, -0.25) is 9.78 Å². The van der Waals surface area contributed by atoms with Gasteiger partial charge in [0.2, 0.25) is 0 Å². The summed E-state index contributed by atoms with van der Waals surface area (Å²) in [4.78, 5) is 27.4. The summed E-state index contributed by atoms with van der Waals surface area (Å²) in [5.41, 5.74) is -0.600. The van der Waals surface area contributed by atoms with Crippen LogP contribution in [0.3, 0.4) is 0 Å². The summed E-state index contributed by atoms with van der Waals surface area (Å²) >= 11 is 0. The van der Waals surface area contributed by atoms with E-state index in [2.05, 4.69) is 10.3 Å². The Labute approximate surface area is 212 Å². The third-order valence-electron chi connectivity index (χ3n) is 6.46. The number of aromatic carboxylic acids is 1. The van der Waals surface area contributed by atoms with Gasteiger partial charge in [-0.15, -0.1) is 0 Å². The highest BCUT2D eigenvalue weighted by Crippen LogP contribution is 2.44. The first-order valence-corrected chi connectivity index (χ1v) is 11.7. The number of carboxylic acids is 1. The van der Waals surface area contributed by atoms with Crippen molar-refractivity contribution in [3.63, 3.8) is 0 Å². The molecule has 1 fully saturated rings. The molecule has 2 aromatic carbocycles. The van der Waals surface area contributed by atoms with Gasteiger partial charge in [0.15, 0.2) is 0 Å². The smallest absolute Gasteiger partial charge is 0.420 e. The van der Waals surface area contributed by atoms with E-state index in [1.165, 1.54) is 30.3 Å². The fourth-order valence-electron chi connectivity index (χ4n) is 4.46. The number of ether oxygens (including phenoxy) is 1. The SMILES string of the molecule is O=C(O)c1ccc(CNC(=O)c2ccc3c(C(F)(F)F)c(O[C@H]4CC[C@@H](C(F)(F)F)CC4)ccc3c2)nc1. The van der Waals surface area contributed by atoms with Crippen LogP contribution in [-0.2, 0) is 12.7 Å². The van der Waals surface area contributed by atoms with E-state index in [1.54, 1.807) is 0 Å². The van der Waals surface area contributed by atoms with Crippen LogP contribution in [0.1, 0.15) is 57.7 Å². The molecule has 0 radical (unpaired) electrons. The molecule has 1 aliphatic carbocycles. The molecule has 1 amide bonds. The molecule has 202 valence electrons. The summed E-state index contributed by atoms with van der Waals surface area (Å²) in [7, 11) is 0. The van der Waals surface area contributed by atoms with Crippen molar-refractivity contribution >= 4 is 22.6 Å². The van der Waals surface area contributed by atoms with Crippen LogP contribution in [0.5, 0.6) is 5.75 Å². The Morgan fingerprint density at radius 2 is 1.63 bits per heavy atom. The number of hydrogen-bond acceptors (Lipinski definition) is 4. The van der Waals surface area contributed by atoms with Gasteiger partial charge in [-0.2, -0.15) is 26.3 Å². The minimum Gasteiger partial charge on any atom is -0.490 e. The molecule has 0 bridgehead atoms. The summed E-state index contributed by atoms with van der Waals surface area (Å²) in [6.07, 6.45) is -9.21. The molecule has 1 heterocycles. The van der Waals surface area contributed by atoms with Crippen LogP contribution in [0.15, 0.2) is 48.7 Å². The van der Waals surface area contributed by atoms with Crippen molar-refractivity contribution in [2.75, 3.05) is 0 Å². The molecule has 0 saturated heterocycles. The Balaban J connectivity index is 1.51. The number of aromatic nitrogens is 1. The van der Waals surface area contributed by atoms with Crippen molar-refractivity contribution in [3.05, 3.63) is 71.0 Å². The zero-order valence-corrected chi connectivity index (χ0v) is 19.7. The van der Waals surface area contributed by atoms with Crippen molar-refractivity contribution in [1.82, 2.24) is 10.3 Å². The number of fused-ring (bicyclic) bond motifs is 1. The lowest BCUT2D eigenvalue weighted by atomic mass is 9.87. The fourth-order valence-corrected chi connectivity index (χ4v) is 4.46. The van der Waals surface area contributed by atoms with Crippen LogP contribution >= 0.6 is 0 Å². The molecule has 12 heteroatoms. The topological polar surface area (TPSA) is 88.5 Å². The average molecular weight is 540 g/mol. The van der Waals surface area contributed by atoms with Crippen molar-refractivity contribution in [2.45, 2.75) is 50.7 Å². The Hall–Kier alpha value is -3.83. The maximum Gasteiger partial charge on any atom is 0.420 e. The Morgan fingerprint density at radius 1 is 0.947 bits per heavy atom. The quantitative estimate of drug-likeness (QED) is 0.354. The zero-order chi connectivity index (χ0) is 27.7. The van der Waals surface area contributed by atoms with Crippen molar-refractivity contribution < 1.29 is 45.8 Å². The second-order valence-corrected chi connectivity index (χ2v) is 9.03.